The van der Waals surface area contributed by atoms with Crippen LogP contribution in [0, 0.1) is 0 Å². The van der Waals surface area contributed by atoms with Crippen LogP contribution in [0.5, 0.6) is 0 Å². The van der Waals surface area contributed by atoms with E-state index >= 15 is 0 Å². The molecular weight excluding hydrogens is 284 g/mol. The van der Waals surface area contributed by atoms with Gasteiger partial charge in [-0.15, -0.1) is 0 Å². The number of hydrazone groups is 1. The van der Waals surface area contributed by atoms with Crippen molar-refractivity contribution in [2.24, 2.45) is 5.10 Å². The lowest BCUT2D eigenvalue weighted by molar-refractivity contribution is -0.121. The second-order valence-electron chi connectivity index (χ2n) is 4.69. The summed E-state index contributed by atoms with van der Waals surface area (Å²) >= 11 is 0. The van der Waals surface area contributed by atoms with Crippen molar-refractivity contribution in [1.82, 2.24) is 5.43 Å². The number of rotatable bonds is 6. The summed E-state index contributed by atoms with van der Waals surface area (Å²) in [5.41, 5.74) is 3.87. The molecule has 0 heterocycles. The minimum absolute atomic E-state index is 0.0401. The van der Waals surface area contributed by atoms with Crippen LogP contribution >= 0.6 is 0 Å². The maximum Gasteiger partial charge on any atom is 0.239 e. The molecule has 7 heteroatoms. The largest absolute Gasteiger partial charge is 0.325 e. The van der Waals surface area contributed by atoms with E-state index in [1.54, 1.807) is 38.1 Å². The summed E-state index contributed by atoms with van der Waals surface area (Å²) in [5.74, 6) is -0.720. The molecule has 22 heavy (non-hydrogen) atoms. The number of nitrogens with one attached hydrogen (secondary N) is 3. The van der Waals surface area contributed by atoms with Crippen LogP contribution < -0.4 is 16.1 Å². The number of para-hydroxylation sites is 2. The fourth-order valence-corrected chi connectivity index (χ4v) is 1.59. The van der Waals surface area contributed by atoms with E-state index in [0.717, 1.165) is 0 Å². The second-order valence-corrected chi connectivity index (χ2v) is 4.69. The third kappa shape index (κ3) is 6.17. The SMILES string of the molecule is CCC(=O)N/N=C(/C)CC(=O)Nc1ccccc1NC(C)=O. The smallest absolute Gasteiger partial charge is 0.239 e. The number of carbonyl (C=O) groups is 3. The summed E-state index contributed by atoms with van der Waals surface area (Å²) < 4.78 is 0. The van der Waals surface area contributed by atoms with Crippen LogP contribution in [0.4, 0.5) is 11.4 Å². The molecule has 7 nitrogen and oxygen atoms in total. The molecule has 0 aliphatic carbocycles. The van der Waals surface area contributed by atoms with Crippen molar-refractivity contribution >= 4 is 34.8 Å². The van der Waals surface area contributed by atoms with E-state index in [4.69, 9.17) is 0 Å². The minimum atomic E-state index is -0.287. The van der Waals surface area contributed by atoms with Crippen molar-refractivity contribution < 1.29 is 14.4 Å². The molecule has 0 saturated carbocycles. The average molecular weight is 304 g/mol. The molecule has 0 spiro atoms. The first kappa shape index (κ1) is 17.4. The molecule has 0 saturated heterocycles. The lowest BCUT2D eigenvalue weighted by atomic mass is 10.2. The predicted molar refractivity (Wildman–Crippen MR) is 85.5 cm³/mol. The van der Waals surface area contributed by atoms with Gasteiger partial charge in [-0.3, -0.25) is 14.4 Å². The highest BCUT2D eigenvalue weighted by molar-refractivity contribution is 6.07. The minimum Gasteiger partial charge on any atom is -0.325 e. The molecule has 3 amide bonds. The van der Waals surface area contributed by atoms with E-state index in [1.807, 2.05) is 0 Å². The maximum absolute atomic E-state index is 12.0. The summed E-state index contributed by atoms with van der Waals surface area (Å²) in [7, 11) is 0. The third-order valence-electron chi connectivity index (χ3n) is 2.62. The predicted octanol–water partition coefficient (Wildman–Crippen LogP) is 1.88. The highest BCUT2D eigenvalue weighted by Crippen LogP contribution is 2.20. The zero-order chi connectivity index (χ0) is 16.5. The Balaban J connectivity index is 2.65. The molecule has 1 rings (SSSR count). The molecule has 1 aromatic rings. The molecule has 0 aromatic heterocycles. The number of hydrogen-bond donors (Lipinski definition) is 3. The van der Waals surface area contributed by atoms with Crippen molar-refractivity contribution in [3.63, 3.8) is 0 Å². The molecule has 0 aliphatic heterocycles. The van der Waals surface area contributed by atoms with Crippen LogP contribution in [-0.2, 0) is 14.4 Å². The Morgan fingerprint density at radius 3 is 2.14 bits per heavy atom. The van der Waals surface area contributed by atoms with E-state index in [9.17, 15) is 14.4 Å². The van der Waals surface area contributed by atoms with Gasteiger partial charge >= 0.3 is 0 Å². The van der Waals surface area contributed by atoms with Gasteiger partial charge in [0.2, 0.25) is 17.7 Å². The van der Waals surface area contributed by atoms with Crippen LogP contribution in [0.3, 0.4) is 0 Å². The number of benzene rings is 1. The quantitative estimate of drug-likeness (QED) is 0.552. The number of amides is 3. The normalized spacial score (nSPS) is 10.8. The standard InChI is InChI=1S/C15H20N4O3/c1-4-14(21)19-18-10(2)9-15(22)17-13-8-6-5-7-12(13)16-11(3)20/h5-8H,4,9H2,1-3H3,(H,16,20)(H,17,22)(H,19,21)/b18-10-. The zero-order valence-corrected chi connectivity index (χ0v) is 12.9. The number of nitrogens with zero attached hydrogens (tertiary/aromatic N) is 1. The Morgan fingerprint density at radius 2 is 1.59 bits per heavy atom. The van der Waals surface area contributed by atoms with Crippen molar-refractivity contribution in [3.8, 4) is 0 Å². The van der Waals surface area contributed by atoms with Crippen LogP contribution in [-0.4, -0.2) is 23.4 Å². The second kappa shape index (κ2) is 8.56. The van der Waals surface area contributed by atoms with E-state index in [1.165, 1.54) is 6.92 Å². The number of hydrogen-bond acceptors (Lipinski definition) is 4. The Kier molecular flexibility index (Phi) is 6.75. The van der Waals surface area contributed by atoms with Crippen LogP contribution in [0.1, 0.15) is 33.6 Å². The number of carbonyl (C=O) groups excluding carboxylic acids is 3. The Bertz CT molecular complexity index is 596. The third-order valence-corrected chi connectivity index (χ3v) is 2.62. The molecular formula is C15H20N4O3. The highest BCUT2D eigenvalue weighted by Gasteiger charge is 2.09. The van der Waals surface area contributed by atoms with Gasteiger partial charge in [0.25, 0.3) is 0 Å². The lowest BCUT2D eigenvalue weighted by Gasteiger charge is -2.11. The summed E-state index contributed by atoms with van der Waals surface area (Å²) in [5, 5.41) is 9.17. The summed E-state index contributed by atoms with van der Waals surface area (Å²) in [6.45, 7) is 4.76. The van der Waals surface area contributed by atoms with E-state index in [0.29, 0.717) is 23.5 Å². The lowest BCUT2D eigenvalue weighted by Crippen LogP contribution is -2.21. The van der Waals surface area contributed by atoms with Gasteiger partial charge in [-0.2, -0.15) is 5.10 Å². The van der Waals surface area contributed by atoms with E-state index in [2.05, 4.69) is 21.2 Å². The Morgan fingerprint density at radius 1 is 1.00 bits per heavy atom. The monoisotopic (exact) mass is 304 g/mol. The van der Waals surface area contributed by atoms with Gasteiger partial charge in [0.1, 0.15) is 0 Å². The van der Waals surface area contributed by atoms with Crippen molar-refractivity contribution in [2.75, 3.05) is 10.6 Å². The maximum atomic E-state index is 12.0. The average Bonchev–Trinajstić information content (AvgIpc) is 2.46. The van der Waals surface area contributed by atoms with Gasteiger partial charge in [0.05, 0.1) is 17.8 Å². The molecule has 0 aliphatic rings. The van der Waals surface area contributed by atoms with E-state index < -0.39 is 0 Å². The first-order chi connectivity index (χ1) is 10.4. The first-order valence-corrected chi connectivity index (χ1v) is 6.90. The summed E-state index contributed by atoms with van der Waals surface area (Å²) in [6.07, 6.45) is 0.367. The van der Waals surface area contributed by atoms with Gasteiger partial charge in [0.15, 0.2) is 0 Å². The van der Waals surface area contributed by atoms with Crippen LogP contribution in [0.25, 0.3) is 0 Å². The molecule has 0 unspecified atom stereocenters. The molecule has 3 N–H and O–H groups in total. The first-order valence-electron chi connectivity index (χ1n) is 6.90. The summed E-state index contributed by atoms with van der Waals surface area (Å²) in [4.78, 5) is 34.2. The fourth-order valence-electron chi connectivity index (χ4n) is 1.59. The Labute approximate surface area is 129 Å². The summed E-state index contributed by atoms with van der Waals surface area (Å²) in [6, 6.07) is 6.89. The molecule has 1 aromatic carbocycles. The zero-order valence-electron chi connectivity index (χ0n) is 12.9. The van der Waals surface area contributed by atoms with Gasteiger partial charge in [0, 0.05) is 19.1 Å². The number of anilines is 2. The Hall–Kier alpha value is -2.70. The van der Waals surface area contributed by atoms with Gasteiger partial charge in [-0.1, -0.05) is 19.1 Å². The van der Waals surface area contributed by atoms with E-state index in [-0.39, 0.29) is 24.1 Å². The van der Waals surface area contributed by atoms with Crippen molar-refractivity contribution in [3.05, 3.63) is 24.3 Å². The fraction of sp³-hybridized carbons (Fsp3) is 0.333. The van der Waals surface area contributed by atoms with Crippen molar-refractivity contribution in [2.45, 2.75) is 33.6 Å². The topological polar surface area (TPSA) is 99.7 Å². The molecule has 118 valence electrons. The molecule has 0 bridgehead atoms. The van der Waals surface area contributed by atoms with Gasteiger partial charge < -0.3 is 10.6 Å². The van der Waals surface area contributed by atoms with Crippen LogP contribution in [0.15, 0.2) is 29.4 Å². The molecule has 0 atom stereocenters. The van der Waals surface area contributed by atoms with Crippen molar-refractivity contribution in [1.29, 1.82) is 0 Å². The van der Waals surface area contributed by atoms with Crippen LogP contribution in [0.2, 0.25) is 0 Å². The van der Waals surface area contributed by atoms with Gasteiger partial charge in [-0.25, -0.2) is 5.43 Å². The van der Waals surface area contributed by atoms with Gasteiger partial charge in [-0.05, 0) is 19.1 Å². The molecule has 0 fully saturated rings. The highest BCUT2D eigenvalue weighted by atomic mass is 16.2. The molecule has 0 radical (unpaired) electrons.